The van der Waals surface area contributed by atoms with Crippen molar-refractivity contribution in [3.63, 3.8) is 0 Å². The molecule has 5 heteroatoms. The average molecular weight is 282 g/mol. The molecule has 0 bridgehead atoms. The van der Waals surface area contributed by atoms with Gasteiger partial charge in [0.15, 0.2) is 0 Å². The van der Waals surface area contributed by atoms with Crippen molar-refractivity contribution >= 4 is 17.2 Å². The zero-order valence-electron chi connectivity index (χ0n) is 11.5. The Morgan fingerprint density at radius 3 is 2.24 bits per heavy atom. The number of Topliss-reactive ketones (excluding diaryl/α,β-unsaturated/α-hetero) is 1. The van der Waals surface area contributed by atoms with Gasteiger partial charge in [0.1, 0.15) is 0 Å². The summed E-state index contributed by atoms with van der Waals surface area (Å²) in [5, 5.41) is 10.6. The van der Waals surface area contributed by atoms with E-state index in [4.69, 9.17) is 0 Å². The summed E-state index contributed by atoms with van der Waals surface area (Å²) in [6.45, 7) is 0. The van der Waals surface area contributed by atoms with E-state index in [0.29, 0.717) is 17.7 Å². The van der Waals surface area contributed by atoms with Crippen molar-refractivity contribution in [2.24, 2.45) is 4.99 Å². The summed E-state index contributed by atoms with van der Waals surface area (Å²) in [5.74, 6) is -0.212. The maximum Gasteiger partial charge on any atom is 0.269 e. The monoisotopic (exact) mass is 282 g/mol. The van der Waals surface area contributed by atoms with Crippen LogP contribution in [0.25, 0.3) is 0 Å². The number of carbonyl (C=O) groups excluding carboxylic acids is 1. The van der Waals surface area contributed by atoms with E-state index in [2.05, 4.69) is 4.99 Å². The van der Waals surface area contributed by atoms with E-state index < -0.39 is 4.92 Å². The summed E-state index contributed by atoms with van der Waals surface area (Å²) in [7, 11) is 1.57. The van der Waals surface area contributed by atoms with Crippen LogP contribution in [0.5, 0.6) is 0 Å². The Kier molecular flexibility index (Phi) is 4.56. The molecule has 0 amide bonds. The Balaban J connectivity index is 2.19. The number of nitrogens with zero attached hydrogens (tertiary/aromatic N) is 2. The smallest absolute Gasteiger partial charge is 0.269 e. The fourth-order valence-electron chi connectivity index (χ4n) is 1.95. The number of hydrogen-bond donors (Lipinski definition) is 0. The van der Waals surface area contributed by atoms with Gasteiger partial charge >= 0.3 is 0 Å². The summed E-state index contributed by atoms with van der Waals surface area (Å²) in [5.41, 5.74) is 1.78. The van der Waals surface area contributed by atoms with Gasteiger partial charge in [-0.05, 0) is 17.7 Å². The molecule has 2 aromatic rings. The Bertz CT molecular complexity index is 676. The van der Waals surface area contributed by atoms with E-state index >= 15 is 0 Å². The Hall–Kier alpha value is -2.82. The zero-order chi connectivity index (χ0) is 15.2. The van der Waals surface area contributed by atoms with E-state index in [9.17, 15) is 14.9 Å². The first-order valence-electron chi connectivity index (χ1n) is 6.40. The molecule has 0 N–H and O–H groups in total. The highest BCUT2D eigenvalue weighted by atomic mass is 16.6. The number of nitro benzene ring substituents is 1. The van der Waals surface area contributed by atoms with Crippen molar-refractivity contribution in [2.75, 3.05) is 7.05 Å². The second-order valence-corrected chi connectivity index (χ2v) is 4.47. The van der Waals surface area contributed by atoms with Gasteiger partial charge in [0.05, 0.1) is 10.6 Å². The van der Waals surface area contributed by atoms with Crippen LogP contribution in [0.2, 0.25) is 0 Å². The lowest BCUT2D eigenvalue weighted by Gasteiger charge is -2.05. The second kappa shape index (κ2) is 6.56. The predicted octanol–water partition coefficient (Wildman–Crippen LogP) is 3.09. The number of non-ortho nitro benzene ring substituents is 1. The topological polar surface area (TPSA) is 72.6 Å². The molecule has 0 heterocycles. The number of rotatable bonds is 5. The molecule has 0 aliphatic carbocycles. The largest absolute Gasteiger partial charge is 0.289 e. The number of nitro groups is 1. The first-order valence-corrected chi connectivity index (χ1v) is 6.40. The van der Waals surface area contributed by atoms with Crippen LogP contribution in [0.4, 0.5) is 5.69 Å². The van der Waals surface area contributed by atoms with Gasteiger partial charge in [-0.1, -0.05) is 30.3 Å². The molecule has 106 valence electrons. The van der Waals surface area contributed by atoms with Gasteiger partial charge < -0.3 is 0 Å². The molecule has 21 heavy (non-hydrogen) atoms. The summed E-state index contributed by atoms with van der Waals surface area (Å²) in [4.78, 5) is 26.5. The molecule has 0 aliphatic rings. The maximum absolute atomic E-state index is 12.4. The molecule has 0 saturated carbocycles. The molecule has 2 rings (SSSR count). The minimum atomic E-state index is -0.493. The third-order valence-corrected chi connectivity index (χ3v) is 3.09. The lowest BCUT2D eigenvalue weighted by Crippen LogP contribution is -2.17. The van der Waals surface area contributed by atoms with E-state index in [1.807, 2.05) is 30.3 Å². The van der Waals surface area contributed by atoms with Gasteiger partial charge in [-0.15, -0.1) is 0 Å². The van der Waals surface area contributed by atoms with Gasteiger partial charge in [0.25, 0.3) is 5.69 Å². The van der Waals surface area contributed by atoms with Crippen LogP contribution < -0.4 is 0 Å². The Morgan fingerprint density at radius 2 is 1.71 bits per heavy atom. The number of aliphatic imine (C=N–C) groups is 1. The highest BCUT2D eigenvalue weighted by molar-refractivity contribution is 6.46. The van der Waals surface area contributed by atoms with Crippen LogP contribution in [-0.4, -0.2) is 23.5 Å². The van der Waals surface area contributed by atoms with Crippen LogP contribution in [-0.2, 0) is 6.42 Å². The van der Waals surface area contributed by atoms with E-state index in [0.717, 1.165) is 5.56 Å². The summed E-state index contributed by atoms with van der Waals surface area (Å²) >= 11 is 0. The van der Waals surface area contributed by atoms with Gasteiger partial charge in [-0.3, -0.25) is 19.9 Å². The highest BCUT2D eigenvalue weighted by Gasteiger charge is 2.15. The minimum Gasteiger partial charge on any atom is -0.289 e. The average Bonchev–Trinajstić information content (AvgIpc) is 2.53. The number of carbonyl (C=O) groups is 1. The van der Waals surface area contributed by atoms with Gasteiger partial charge in [0, 0.05) is 31.2 Å². The predicted molar refractivity (Wildman–Crippen MR) is 80.9 cm³/mol. The van der Waals surface area contributed by atoms with Crippen molar-refractivity contribution in [3.8, 4) is 0 Å². The van der Waals surface area contributed by atoms with Crippen molar-refractivity contribution < 1.29 is 9.72 Å². The molecule has 0 unspecified atom stereocenters. The van der Waals surface area contributed by atoms with Crippen LogP contribution in [0.3, 0.4) is 0 Å². The summed E-state index contributed by atoms with van der Waals surface area (Å²) in [6, 6.07) is 15.1. The van der Waals surface area contributed by atoms with Crippen LogP contribution in [0.15, 0.2) is 59.6 Å². The number of hydrogen-bond acceptors (Lipinski definition) is 4. The SMILES string of the molecule is CN=C(Cc1ccccc1)C(=O)c1ccc([N+](=O)[O-])cc1. The molecule has 0 fully saturated rings. The highest BCUT2D eigenvalue weighted by Crippen LogP contribution is 2.14. The standard InChI is InChI=1S/C16H14N2O3/c1-17-15(11-12-5-3-2-4-6-12)16(19)13-7-9-14(10-8-13)18(20)21/h2-10H,11H2,1H3. The van der Waals surface area contributed by atoms with Crippen molar-refractivity contribution in [3.05, 3.63) is 75.8 Å². The molecule has 5 nitrogen and oxygen atoms in total. The maximum atomic E-state index is 12.4. The Labute approximate surface area is 122 Å². The molecule has 0 radical (unpaired) electrons. The Morgan fingerprint density at radius 1 is 1.10 bits per heavy atom. The van der Waals surface area contributed by atoms with E-state index in [1.54, 1.807) is 7.05 Å². The van der Waals surface area contributed by atoms with Gasteiger partial charge in [-0.2, -0.15) is 0 Å². The van der Waals surface area contributed by atoms with Gasteiger partial charge in [0.2, 0.25) is 5.78 Å². The fraction of sp³-hybridized carbons (Fsp3) is 0.125. The third kappa shape index (κ3) is 3.60. The molecule has 0 saturated heterocycles. The third-order valence-electron chi connectivity index (χ3n) is 3.09. The van der Waals surface area contributed by atoms with E-state index in [-0.39, 0.29) is 11.5 Å². The first kappa shape index (κ1) is 14.6. The normalized spacial score (nSPS) is 11.2. The summed E-state index contributed by atoms with van der Waals surface area (Å²) in [6.07, 6.45) is 0.438. The lowest BCUT2D eigenvalue weighted by molar-refractivity contribution is -0.384. The van der Waals surface area contributed by atoms with Crippen molar-refractivity contribution in [1.82, 2.24) is 0 Å². The molecule has 2 aromatic carbocycles. The molecule has 0 aliphatic heterocycles. The van der Waals surface area contributed by atoms with Gasteiger partial charge in [-0.25, -0.2) is 0 Å². The molecular weight excluding hydrogens is 268 g/mol. The van der Waals surface area contributed by atoms with Crippen molar-refractivity contribution in [1.29, 1.82) is 0 Å². The number of ketones is 1. The second-order valence-electron chi connectivity index (χ2n) is 4.47. The number of benzene rings is 2. The molecule has 0 spiro atoms. The molecule has 0 aromatic heterocycles. The van der Waals surface area contributed by atoms with Crippen LogP contribution >= 0.6 is 0 Å². The quantitative estimate of drug-likeness (QED) is 0.366. The molecular formula is C16H14N2O3. The summed E-state index contributed by atoms with van der Waals surface area (Å²) < 4.78 is 0. The lowest BCUT2D eigenvalue weighted by atomic mass is 10.0. The van der Waals surface area contributed by atoms with Crippen molar-refractivity contribution in [2.45, 2.75) is 6.42 Å². The van der Waals surface area contributed by atoms with Crippen LogP contribution in [0.1, 0.15) is 15.9 Å². The van der Waals surface area contributed by atoms with Crippen LogP contribution in [0, 0.1) is 10.1 Å². The fourth-order valence-corrected chi connectivity index (χ4v) is 1.95. The first-order chi connectivity index (χ1) is 10.1. The molecule has 0 atom stereocenters. The zero-order valence-corrected chi connectivity index (χ0v) is 11.5. The van der Waals surface area contributed by atoms with E-state index in [1.165, 1.54) is 24.3 Å². The minimum absolute atomic E-state index is 0.0374.